The Kier molecular flexibility index (Phi) is 5.66. The summed E-state index contributed by atoms with van der Waals surface area (Å²) in [5.41, 5.74) is -1.19. The van der Waals surface area contributed by atoms with Crippen molar-refractivity contribution in [1.29, 1.82) is 0 Å². The third-order valence-corrected chi connectivity index (χ3v) is 4.43. The van der Waals surface area contributed by atoms with E-state index in [1.807, 2.05) is 0 Å². The molecule has 0 saturated carbocycles. The van der Waals surface area contributed by atoms with Crippen LogP contribution in [0.2, 0.25) is 0 Å². The summed E-state index contributed by atoms with van der Waals surface area (Å²) in [4.78, 5) is 8.30. The summed E-state index contributed by atoms with van der Waals surface area (Å²) in [5, 5.41) is 28.1. The molecule has 0 heterocycles. The molecule has 0 fully saturated rings. The van der Waals surface area contributed by atoms with Gasteiger partial charge in [-0.2, -0.15) is 8.70 Å². The molecule has 0 amide bonds. The lowest BCUT2D eigenvalue weighted by atomic mass is 10.3. The van der Waals surface area contributed by atoms with E-state index < -0.39 is 63.5 Å². The normalized spacial score (nSPS) is 11.9. The maximum absolute atomic E-state index is 13.6. The first-order valence-corrected chi connectivity index (χ1v) is 7.05. The Labute approximate surface area is 118 Å². The Hall–Kier alpha value is -1.69. The summed E-state index contributed by atoms with van der Waals surface area (Å²) in [6.45, 7) is -2.12. The molecule has 0 spiro atoms. The van der Waals surface area contributed by atoms with E-state index in [1.165, 1.54) is 0 Å². The zero-order chi connectivity index (χ0) is 16.2. The van der Waals surface area contributed by atoms with Gasteiger partial charge in [-0.15, -0.1) is 0 Å². The van der Waals surface area contributed by atoms with Crippen molar-refractivity contribution in [2.75, 3.05) is 26.3 Å². The van der Waals surface area contributed by atoms with Gasteiger partial charge in [0, 0.05) is 25.2 Å². The molecule has 2 N–H and O–H groups in total. The number of rotatable bonds is 7. The van der Waals surface area contributed by atoms with Crippen molar-refractivity contribution in [1.82, 2.24) is 4.31 Å². The van der Waals surface area contributed by atoms with Crippen molar-refractivity contribution < 1.29 is 32.3 Å². The van der Waals surface area contributed by atoms with E-state index in [2.05, 4.69) is 0 Å². The van der Waals surface area contributed by atoms with Gasteiger partial charge in [-0.3, -0.25) is 10.1 Å². The molecule has 0 atom stereocenters. The minimum Gasteiger partial charge on any atom is -0.395 e. The molecule has 8 nitrogen and oxygen atoms in total. The second kappa shape index (κ2) is 6.85. The fourth-order valence-electron chi connectivity index (χ4n) is 1.57. The topological polar surface area (TPSA) is 121 Å². The lowest BCUT2D eigenvalue weighted by molar-refractivity contribution is -0.387. The van der Waals surface area contributed by atoms with E-state index in [1.54, 1.807) is 0 Å². The Morgan fingerprint density at radius 1 is 1.14 bits per heavy atom. The zero-order valence-corrected chi connectivity index (χ0v) is 11.4. The largest absolute Gasteiger partial charge is 0.395 e. The maximum Gasteiger partial charge on any atom is 0.306 e. The van der Waals surface area contributed by atoms with E-state index >= 15 is 0 Å². The first-order chi connectivity index (χ1) is 9.75. The second-order valence-electron chi connectivity index (χ2n) is 3.84. The third kappa shape index (κ3) is 3.69. The predicted octanol–water partition coefficient (Wildman–Crippen LogP) is -0.152. The van der Waals surface area contributed by atoms with Crippen LogP contribution in [0.15, 0.2) is 17.0 Å². The van der Waals surface area contributed by atoms with Crippen molar-refractivity contribution in [3.8, 4) is 0 Å². The van der Waals surface area contributed by atoms with Crippen LogP contribution >= 0.6 is 0 Å². The Morgan fingerprint density at radius 3 is 2.10 bits per heavy atom. The van der Waals surface area contributed by atoms with Gasteiger partial charge < -0.3 is 10.2 Å². The molecule has 0 radical (unpaired) electrons. The summed E-state index contributed by atoms with van der Waals surface area (Å²) < 4.78 is 51.6. The average molecular weight is 326 g/mol. The van der Waals surface area contributed by atoms with Gasteiger partial charge in [-0.1, -0.05) is 0 Å². The van der Waals surface area contributed by atoms with Gasteiger partial charge in [0.15, 0.2) is 0 Å². The molecular weight excluding hydrogens is 314 g/mol. The van der Waals surface area contributed by atoms with Gasteiger partial charge in [0.25, 0.3) is 0 Å². The molecule has 0 unspecified atom stereocenters. The number of hydrogen-bond acceptors (Lipinski definition) is 6. The first kappa shape index (κ1) is 17.4. The highest BCUT2D eigenvalue weighted by atomic mass is 32.2. The van der Waals surface area contributed by atoms with Crippen LogP contribution in [0.4, 0.5) is 14.5 Å². The van der Waals surface area contributed by atoms with Gasteiger partial charge >= 0.3 is 5.69 Å². The first-order valence-electron chi connectivity index (χ1n) is 5.61. The molecule has 1 aromatic rings. The van der Waals surface area contributed by atoms with Crippen molar-refractivity contribution in [2.24, 2.45) is 0 Å². The van der Waals surface area contributed by atoms with Crippen molar-refractivity contribution in [3.05, 3.63) is 33.9 Å². The number of benzene rings is 1. The Morgan fingerprint density at radius 2 is 1.67 bits per heavy atom. The summed E-state index contributed by atoms with van der Waals surface area (Å²) in [6, 6.07) is 0.364. The number of aliphatic hydroxyl groups is 2. The molecule has 0 aliphatic carbocycles. The summed E-state index contributed by atoms with van der Waals surface area (Å²) in [6.07, 6.45) is 0. The van der Waals surface area contributed by atoms with E-state index in [0.29, 0.717) is 4.31 Å². The molecule has 1 aromatic carbocycles. The molecule has 0 saturated heterocycles. The number of nitrogens with zero attached hydrogens (tertiary/aromatic N) is 2. The van der Waals surface area contributed by atoms with Crippen LogP contribution < -0.4 is 0 Å². The van der Waals surface area contributed by atoms with Gasteiger partial charge in [0.05, 0.1) is 18.1 Å². The highest BCUT2D eigenvalue weighted by Gasteiger charge is 2.30. The van der Waals surface area contributed by atoms with Crippen LogP contribution in [-0.2, 0) is 10.0 Å². The highest BCUT2D eigenvalue weighted by molar-refractivity contribution is 7.89. The molecule has 21 heavy (non-hydrogen) atoms. The molecule has 0 aliphatic rings. The minimum atomic E-state index is -4.56. The molecule has 0 bridgehead atoms. The van der Waals surface area contributed by atoms with E-state index in [-0.39, 0.29) is 12.1 Å². The number of hydrogen-bond donors (Lipinski definition) is 2. The lowest BCUT2D eigenvalue weighted by Crippen LogP contribution is -2.36. The van der Waals surface area contributed by atoms with Crippen LogP contribution in [0.5, 0.6) is 0 Å². The summed E-state index contributed by atoms with van der Waals surface area (Å²) in [5.74, 6) is -3.01. The van der Waals surface area contributed by atoms with Crippen molar-refractivity contribution >= 4 is 15.7 Å². The van der Waals surface area contributed by atoms with E-state index in [9.17, 15) is 27.3 Å². The van der Waals surface area contributed by atoms with Crippen molar-refractivity contribution in [3.63, 3.8) is 0 Å². The predicted molar refractivity (Wildman–Crippen MR) is 65.9 cm³/mol. The monoisotopic (exact) mass is 326 g/mol. The van der Waals surface area contributed by atoms with E-state index in [4.69, 9.17) is 10.2 Å². The maximum atomic E-state index is 13.6. The molecule has 11 heteroatoms. The van der Waals surface area contributed by atoms with Crippen LogP contribution in [0, 0.1) is 21.7 Å². The fraction of sp³-hybridized carbons (Fsp3) is 0.400. The smallest absolute Gasteiger partial charge is 0.306 e. The summed E-state index contributed by atoms with van der Waals surface area (Å²) >= 11 is 0. The average Bonchev–Trinajstić information content (AvgIpc) is 2.37. The van der Waals surface area contributed by atoms with E-state index in [0.717, 1.165) is 0 Å². The van der Waals surface area contributed by atoms with Gasteiger partial charge in [-0.25, -0.2) is 12.8 Å². The lowest BCUT2D eigenvalue weighted by Gasteiger charge is -2.20. The highest BCUT2D eigenvalue weighted by Crippen LogP contribution is 2.26. The number of nitro benzene ring substituents is 1. The fourth-order valence-corrected chi connectivity index (χ4v) is 3.06. The molecule has 0 aromatic heterocycles. The minimum absolute atomic E-state index is 0.0983. The number of halogens is 2. The van der Waals surface area contributed by atoms with Gasteiger partial charge in [-0.05, 0) is 0 Å². The second-order valence-corrected chi connectivity index (χ2v) is 5.75. The zero-order valence-electron chi connectivity index (χ0n) is 10.6. The van der Waals surface area contributed by atoms with Crippen LogP contribution in [-0.4, -0.2) is 54.2 Å². The number of sulfonamides is 1. The molecule has 1 rings (SSSR count). The van der Waals surface area contributed by atoms with Crippen LogP contribution in [0.25, 0.3) is 0 Å². The molecular formula is C10H12F2N2O6S. The van der Waals surface area contributed by atoms with Crippen molar-refractivity contribution in [2.45, 2.75) is 4.90 Å². The Bertz CT molecular complexity index is 631. The van der Waals surface area contributed by atoms with Gasteiger partial charge in [0.1, 0.15) is 10.7 Å². The molecule has 118 valence electrons. The third-order valence-electron chi connectivity index (χ3n) is 2.51. The summed E-state index contributed by atoms with van der Waals surface area (Å²) in [7, 11) is -4.56. The van der Waals surface area contributed by atoms with Crippen LogP contribution in [0.1, 0.15) is 0 Å². The quantitative estimate of drug-likeness (QED) is 0.531. The molecule has 0 aliphatic heterocycles. The standard InChI is InChI=1S/C10H12F2N2O6S/c11-7-5-8(12)10(6-9(7)14(17)18)21(19,20)13(1-3-15)2-4-16/h5-6,15-16H,1-4H2. The SMILES string of the molecule is O=[N+]([O-])c1cc(S(=O)(=O)N(CCO)CCO)c(F)cc1F. The number of aliphatic hydroxyl groups excluding tert-OH is 2. The van der Waals surface area contributed by atoms with Gasteiger partial charge in [0.2, 0.25) is 15.8 Å². The Balaban J connectivity index is 3.42. The van der Waals surface area contributed by atoms with Crippen LogP contribution in [0.3, 0.4) is 0 Å². The number of nitro groups is 1.